The molecule has 0 bridgehead atoms. The molecule has 0 aromatic heterocycles. The summed E-state index contributed by atoms with van der Waals surface area (Å²) in [5, 5.41) is 24.2. The van der Waals surface area contributed by atoms with E-state index in [9.17, 15) is 15.2 Å². The molecule has 27 heavy (non-hydrogen) atoms. The molecule has 4 unspecified atom stereocenters. The zero-order valence-corrected chi connectivity index (χ0v) is 15.6. The molecule has 5 nitrogen and oxygen atoms in total. The minimum absolute atomic E-state index is 0.170. The summed E-state index contributed by atoms with van der Waals surface area (Å²) in [7, 11) is 0. The number of nitriles is 1. The number of thiocarbonyl (C=S) groups is 1. The third-order valence-electron chi connectivity index (χ3n) is 4.84. The first-order chi connectivity index (χ1) is 13.0. The molecule has 6 heteroatoms. The predicted octanol–water partition coefficient (Wildman–Crippen LogP) is 2.87. The van der Waals surface area contributed by atoms with Crippen molar-refractivity contribution < 1.29 is 14.6 Å². The third kappa shape index (κ3) is 3.44. The largest absolute Gasteiger partial charge is 0.466 e. The van der Waals surface area contributed by atoms with Crippen LogP contribution in [0, 0.1) is 23.2 Å². The molecular formula is C21H20N2O3S. The lowest BCUT2D eigenvalue weighted by Crippen LogP contribution is -2.62. The van der Waals surface area contributed by atoms with Gasteiger partial charge < -0.3 is 15.2 Å². The van der Waals surface area contributed by atoms with Crippen molar-refractivity contribution in [3.8, 4) is 6.07 Å². The molecule has 4 atom stereocenters. The van der Waals surface area contributed by atoms with Gasteiger partial charge in [0.1, 0.15) is 11.8 Å². The van der Waals surface area contributed by atoms with Gasteiger partial charge in [0, 0.05) is 11.5 Å². The van der Waals surface area contributed by atoms with Crippen LogP contribution in [0.15, 0.2) is 60.7 Å². The molecule has 1 fully saturated rings. The first kappa shape index (κ1) is 19.0. The predicted molar refractivity (Wildman–Crippen MR) is 104 cm³/mol. The normalized spacial score (nSPS) is 27.3. The number of esters is 1. The number of carbonyl (C=O) groups excluding carboxylic acids is 1. The van der Waals surface area contributed by atoms with Crippen LogP contribution in [0.4, 0.5) is 0 Å². The number of carbonyl (C=O) groups is 1. The highest BCUT2D eigenvalue weighted by atomic mass is 32.1. The highest BCUT2D eigenvalue weighted by Gasteiger charge is 2.56. The van der Waals surface area contributed by atoms with Gasteiger partial charge in [-0.1, -0.05) is 72.9 Å². The minimum Gasteiger partial charge on any atom is -0.466 e. The Bertz CT molecular complexity index is 866. The zero-order chi connectivity index (χ0) is 19.4. The average molecular weight is 380 g/mol. The first-order valence-corrected chi connectivity index (χ1v) is 9.15. The second-order valence-corrected chi connectivity index (χ2v) is 6.83. The topological polar surface area (TPSA) is 82.4 Å². The van der Waals surface area contributed by atoms with E-state index in [2.05, 4.69) is 11.4 Å². The molecule has 0 radical (unpaired) electrons. The number of benzene rings is 2. The van der Waals surface area contributed by atoms with Crippen molar-refractivity contribution in [1.82, 2.24) is 5.32 Å². The number of piperidine rings is 1. The number of hydrogen-bond acceptors (Lipinski definition) is 5. The summed E-state index contributed by atoms with van der Waals surface area (Å²) in [5.74, 6) is -3.03. The van der Waals surface area contributed by atoms with E-state index in [0.717, 1.165) is 5.56 Å². The Kier molecular flexibility index (Phi) is 5.54. The van der Waals surface area contributed by atoms with Crippen LogP contribution in [0.3, 0.4) is 0 Å². The van der Waals surface area contributed by atoms with Crippen LogP contribution in [-0.2, 0) is 15.3 Å². The number of nitrogens with zero attached hydrogens (tertiary/aromatic N) is 1. The van der Waals surface area contributed by atoms with Crippen molar-refractivity contribution in [2.45, 2.75) is 18.6 Å². The Hall–Kier alpha value is -2.75. The molecule has 138 valence electrons. The molecule has 0 saturated carbocycles. The van der Waals surface area contributed by atoms with Gasteiger partial charge in [-0.2, -0.15) is 5.26 Å². The van der Waals surface area contributed by atoms with E-state index in [1.54, 1.807) is 31.2 Å². The molecule has 0 aliphatic carbocycles. The maximum absolute atomic E-state index is 13.0. The van der Waals surface area contributed by atoms with Crippen molar-refractivity contribution in [3.63, 3.8) is 0 Å². The molecule has 3 rings (SSSR count). The Balaban J connectivity index is 2.21. The van der Waals surface area contributed by atoms with Crippen LogP contribution < -0.4 is 5.32 Å². The van der Waals surface area contributed by atoms with Crippen LogP contribution in [0.2, 0.25) is 0 Å². The van der Waals surface area contributed by atoms with Gasteiger partial charge >= 0.3 is 5.97 Å². The fourth-order valence-electron chi connectivity index (χ4n) is 3.65. The molecule has 0 amide bonds. The quantitative estimate of drug-likeness (QED) is 0.627. The van der Waals surface area contributed by atoms with E-state index in [1.165, 1.54) is 0 Å². The SMILES string of the molecule is CCOC(=O)C1C(c2ccccc2)C(C#N)C(=S)NC1(O)c1ccccc1. The summed E-state index contributed by atoms with van der Waals surface area (Å²) in [6.07, 6.45) is 0. The van der Waals surface area contributed by atoms with Crippen LogP contribution >= 0.6 is 12.2 Å². The minimum atomic E-state index is -1.78. The van der Waals surface area contributed by atoms with Crippen LogP contribution in [0.25, 0.3) is 0 Å². The summed E-state index contributed by atoms with van der Waals surface area (Å²) in [6, 6.07) is 20.2. The maximum Gasteiger partial charge on any atom is 0.314 e. The number of rotatable bonds is 4. The molecule has 2 N–H and O–H groups in total. The van der Waals surface area contributed by atoms with Crippen molar-refractivity contribution >= 4 is 23.2 Å². The summed E-state index contributed by atoms with van der Waals surface area (Å²) in [5.41, 5.74) is -0.540. The van der Waals surface area contributed by atoms with Crippen LogP contribution in [0.5, 0.6) is 0 Å². The number of nitrogens with one attached hydrogen (secondary N) is 1. The Morgan fingerprint density at radius 2 is 1.81 bits per heavy atom. The molecule has 1 aliphatic heterocycles. The monoisotopic (exact) mass is 380 g/mol. The first-order valence-electron chi connectivity index (χ1n) is 8.74. The van der Waals surface area contributed by atoms with Crippen molar-refractivity contribution in [1.29, 1.82) is 5.26 Å². The van der Waals surface area contributed by atoms with Gasteiger partial charge in [0.05, 0.1) is 17.7 Å². The van der Waals surface area contributed by atoms with Gasteiger partial charge in [0.15, 0.2) is 5.72 Å². The zero-order valence-electron chi connectivity index (χ0n) is 14.8. The highest BCUT2D eigenvalue weighted by molar-refractivity contribution is 7.80. The van der Waals surface area contributed by atoms with Gasteiger partial charge in [0.25, 0.3) is 0 Å². The molecule has 0 spiro atoms. The summed E-state index contributed by atoms with van der Waals surface area (Å²) in [6.45, 7) is 1.88. The standard InChI is InChI=1S/C21H20N2O3S/c1-2-26-20(24)18-17(14-9-5-3-6-10-14)16(13-22)19(27)23-21(18,25)15-11-7-4-8-12-15/h3-12,16-18,25H,2H2,1H3,(H,23,27). The molecular weight excluding hydrogens is 360 g/mol. The summed E-state index contributed by atoms with van der Waals surface area (Å²) in [4.78, 5) is 13.2. The summed E-state index contributed by atoms with van der Waals surface area (Å²) >= 11 is 5.41. The fourth-order valence-corrected chi connectivity index (χ4v) is 4.01. The van der Waals surface area contributed by atoms with Gasteiger partial charge in [0.2, 0.25) is 0 Å². The third-order valence-corrected chi connectivity index (χ3v) is 5.20. The lowest BCUT2D eigenvalue weighted by atomic mass is 9.67. The Morgan fingerprint density at radius 3 is 2.37 bits per heavy atom. The smallest absolute Gasteiger partial charge is 0.314 e. The maximum atomic E-state index is 13.0. The Morgan fingerprint density at radius 1 is 1.22 bits per heavy atom. The second kappa shape index (κ2) is 7.87. The molecule has 2 aromatic rings. The van der Waals surface area contributed by atoms with E-state index in [1.807, 2.05) is 36.4 Å². The lowest BCUT2D eigenvalue weighted by Gasteiger charge is -2.46. The van der Waals surface area contributed by atoms with Crippen molar-refractivity contribution in [3.05, 3.63) is 71.8 Å². The van der Waals surface area contributed by atoms with Gasteiger partial charge in [-0.15, -0.1) is 0 Å². The number of aliphatic hydroxyl groups is 1. The van der Waals surface area contributed by atoms with Gasteiger partial charge in [-0.3, -0.25) is 4.79 Å². The molecule has 2 aromatic carbocycles. The van der Waals surface area contributed by atoms with E-state index in [-0.39, 0.29) is 11.6 Å². The molecule has 1 heterocycles. The van der Waals surface area contributed by atoms with E-state index in [0.29, 0.717) is 5.56 Å². The van der Waals surface area contributed by atoms with Gasteiger partial charge in [-0.05, 0) is 12.5 Å². The average Bonchev–Trinajstić information content (AvgIpc) is 2.69. The highest BCUT2D eigenvalue weighted by Crippen LogP contribution is 2.46. The van der Waals surface area contributed by atoms with Gasteiger partial charge in [-0.25, -0.2) is 0 Å². The van der Waals surface area contributed by atoms with E-state index in [4.69, 9.17) is 17.0 Å². The fraction of sp³-hybridized carbons (Fsp3) is 0.286. The van der Waals surface area contributed by atoms with Crippen molar-refractivity contribution in [2.75, 3.05) is 6.61 Å². The van der Waals surface area contributed by atoms with Crippen LogP contribution in [-0.4, -0.2) is 22.7 Å². The molecule has 1 aliphatic rings. The molecule has 1 saturated heterocycles. The second-order valence-electron chi connectivity index (χ2n) is 6.39. The van der Waals surface area contributed by atoms with E-state index < -0.39 is 29.4 Å². The van der Waals surface area contributed by atoms with Crippen molar-refractivity contribution in [2.24, 2.45) is 11.8 Å². The number of ether oxygens (including phenoxy) is 1. The summed E-state index contributed by atoms with van der Waals surface area (Å²) < 4.78 is 5.29. The van der Waals surface area contributed by atoms with E-state index >= 15 is 0 Å². The number of hydrogen-bond donors (Lipinski definition) is 2. The lowest BCUT2D eigenvalue weighted by molar-refractivity contribution is -0.165. The van der Waals surface area contributed by atoms with Crippen LogP contribution in [0.1, 0.15) is 24.0 Å². The Labute approximate surface area is 163 Å².